The molecular weight excluding hydrogens is 384 g/mol. The van der Waals surface area contributed by atoms with Gasteiger partial charge in [-0.05, 0) is 32.9 Å². The fourth-order valence-corrected chi connectivity index (χ4v) is 3.88. The molecule has 0 aliphatic carbocycles. The molecule has 0 fully saturated rings. The molecule has 0 saturated carbocycles. The van der Waals surface area contributed by atoms with E-state index in [1.54, 1.807) is 0 Å². The molecule has 27 heavy (non-hydrogen) atoms. The second-order valence-corrected chi connectivity index (χ2v) is 8.28. The fraction of sp³-hybridized carbons (Fsp3) is 0.353. The summed E-state index contributed by atoms with van der Waals surface area (Å²) >= 11 is 2.61. The molecule has 0 aliphatic heterocycles. The summed E-state index contributed by atoms with van der Waals surface area (Å²) in [5.74, 6) is -0.126. The van der Waals surface area contributed by atoms with Crippen molar-refractivity contribution < 1.29 is 9.59 Å². The van der Waals surface area contributed by atoms with Crippen molar-refractivity contribution >= 4 is 51.1 Å². The molecule has 2 aromatic heterocycles. The highest BCUT2D eigenvalue weighted by Gasteiger charge is 2.16. The van der Waals surface area contributed by atoms with Gasteiger partial charge in [-0.2, -0.15) is 0 Å². The molecule has 0 radical (unpaired) electrons. The number of carbonyl (C=O) groups is 2. The Morgan fingerprint density at radius 2 is 2.00 bits per heavy atom. The van der Waals surface area contributed by atoms with E-state index in [9.17, 15) is 9.59 Å². The number of para-hydroxylation sites is 2. The lowest BCUT2D eigenvalue weighted by Crippen LogP contribution is -2.33. The number of benzene rings is 1. The normalized spacial score (nSPS) is 11.1. The average Bonchev–Trinajstić information content (AvgIpc) is 3.16. The van der Waals surface area contributed by atoms with E-state index in [2.05, 4.69) is 25.8 Å². The number of hydrogen-bond donors (Lipinski definition) is 2. The third-order valence-electron chi connectivity index (χ3n) is 3.48. The standard InChI is InChI=1S/C17H20N6O2S2/c1-10(2)18-14(24)8-23-13-7-5-4-6-12(13)19-17(23)26-9-15(25)20-16-22-21-11(3)27-16/h4-7,10H,8-9H2,1-3H3,(H,18,24)(H,20,22,25). The van der Waals surface area contributed by atoms with Crippen molar-refractivity contribution in [2.75, 3.05) is 11.1 Å². The summed E-state index contributed by atoms with van der Waals surface area (Å²) in [6, 6.07) is 7.66. The molecule has 0 aliphatic rings. The zero-order chi connectivity index (χ0) is 19.4. The summed E-state index contributed by atoms with van der Waals surface area (Å²) < 4.78 is 1.83. The van der Waals surface area contributed by atoms with Crippen LogP contribution in [0, 0.1) is 6.92 Å². The van der Waals surface area contributed by atoms with Crippen molar-refractivity contribution in [3.8, 4) is 0 Å². The predicted molar refractivity (Wildman–Crippen MR) is 107 cm³/mol. The Bertz CT molecular complexity index is 965. The Hall–Kier alpha value is -2.46. The minimum atomic E-state index is -0.193. The van der Waals surface area contributed by atoms with E-state index in [0.717, 1.165) is 16.0 Å². The Balaban J connectivity index is 1.73. The number of aryl methyl sites for hydroxylation is 1. The maximum absolute atomic E-state index is 12.2. The lowest BCUT2D eigenvalue weighted by Gasteiger charge is -2.11. The third-order valence-corrected chi connectivity index (χ3v) is 5.21. The number of fused-ring (bicyclic) bond motifs is 1. The molecule has 3 aromatic rings. The van der Waals surface area contributed by atoms with Gasteiger partial charge >= 0.3 is 0 Å². The van der Waals surface area contributed by atoms with E-state index in [1.165, 1.54) is 23.1 Å². The van der Waals surface area contributed by atoms with Crippen LogP contribution >= 0.6 is 23.1 Å². The molecule has 142 valence electrons. The number of nitrogens with one attached hydrogen (secondary N) is 2. The van der Waals surface area contributed by atoms with Gasteiger partial charge in [0.25, 0.3) is 0 Å². The predicted octanol–water partition coefficient (Wildman–Crippen LogP) is 2.45. The van der Waals surface area contributed by atoms with Crippen molar-refractivity contribution in [2.45, 2.75) is 38.5 Å². The number of rotatable bonds is 7. The number of imidazole rings is 1. The highest BCUT2D eigenvalue weighted by Crippen LogP contribution is 2.24. The first kappa shape index (κ1) is 19.3. The number of aromatic nitrogens is 4. The van der Waals surface area contributed by atoms with E-state index in [0.29, 0.717) is 10.3 Å². The molecular formula is C17H20N6O2S2. The zero-order valence-electron chi connectivity index (χ0n) is 15.2. The van der Waals surface area contributed by atoms with Gasteiger partial charge in [-0.3, -0.25) is 14.9 Å². The number of carbonyl (C=O) groups excluding carboxylic acids is 2. The Morgan fingerprint density at radius 1 is 1.22 bits per heavy atom. The molecule has 0 atom stereocenters. The number of nitrogens with zero attached hydrogens (tertiary/aromatic N) is 4. The van der Waals surface area contributed by atoms with Crippen molar-refractivity contribution in [3.05, 3.63) is 29.3 Å². The first-order valence-electron chi connectivity index (χ1n) is 8.39. The minimum Gasteiger partial charge on any atom is -0.352 e. The molecule has 0 saturated heterocycles. The van der Waals surface area contributed by atoms with Crippen LogP contribution < -0.4 is 10.6 Å². The summed E-state index contributed by atoms with van der Waals surface area (Å²) in [6.07, 6.45) is 0. The van der Waals surface area contributed by atoms with Crippen LogP contribution in [0.2, 0.25) is 0 Å². The molecule has 2 amide bonds. The van der Waals surface area contributed by atoms with E-state index in [4.69, 9.17) is 0 Å². The van der Waals surface area contributed by atoms with Crippen LogP contribution in [0.25, 0.3) is 11.0 Å². The summed E-state index contributed by atoms with van der Waals surface area (Å²) in [5, 5.41) is 15.2. The van der Waals surface area contributed by atoms with Gasteiger partial charge in [-0.15, -0.1) is 10.2 Å². The van der Waals surface area contributed by atoms with Crippen LogP contribution in [-0.4, -0.2) is 43.4 Å². The van der Waals surface area contributed by atoms with E-state index in [1.807, 2.05) is 49.6 Å². The van der Waals surface area contributed by atoms with Crippen molar-refractivity contribution in [1.82, 2.24) is 25.1 Å². The quantitative estimate of drug-likeness (QED) is 0.587. The molecule has 0 bridgehead atoms. The molecule has 3 rings (SSSR count). The molecule has 0 unspecified atom stereocenters. The highest BCUT2D eigenvalue weighted by atomic mass is 32.2. The van der Waals surface area contributed by atoms with Crippen LogP contribution in [0.4, 0.5) is 5.13 Å². The van der Waals surface area contributed by atoms with Crippen LogP contribution in [0.5, 0.6) is 0 Å². The Kier molecular flexibility index (Phi) is 6.07. The summed E-state index contributed by atoms with van der Waals surface area (Å²) in [5.41, 5.74) is 1.65. The van der Waals surface area contributed by atoms with Crippen LogP contribution in [-0.2, 0) is 16.1 Å². The lowest BCUT2D eigenvalue weighted by molar-refractivity contribution is -0.122. The van der Waals surface area contributed by atoms with Crippen molar-refractivity contribution in [2.24, 2.45) is 0 Å². The van der Waals surface area contributed by atoms with Crippen LogP contribution in [0.3, 0.4) is 0 Å². The van der Waals surface area contributed by atoms with Crippen LogP contribution in [0.15, 0.2) is 29.4 Å². The molecule has 10 heteroatoms. The van der Waals surface area contributed by atoms with E-state index in [-0.39, 0.29) is 30.2 Å². The lowest BCUT2D eigenvalue weighted by atomic mass is 10.3. The van der Waals surface area contributed by atoms with Gasteiger partial charge in [0, 0.05) is 6.04 Å². The largest absolute Gasteiger partial charge is 0.352 e. The number of anilines is 1. The maximum Gasteiger partial charge on any atom is 0.240 e. The molecule has 8 nitrogen and oxygen atoms in total. The molecule has 1 aromatic carbocycles. The summed E-state index contributed by atoms with van der Waals surface area (Å²) in [7, 11) is 0. The van der Waals surface area contributed by atoms with Gasteiger partial charge in [0.2, 0.25) is 16.9 Å². The smallest absolute Gasteiger partial charge is 0.240 e. The Morgan fingerprint density at radius 3 is 2.70 bits per heavy atom. The number of hydrogen-bond acceptors (Lipinski definition) is 7. The monoisotopic (exact) mass is 404 g/mol. The summed E-state index contributed by atoms with van der Waals surface area (Å²) in [4.78, 5) is 29.0. The van der Waals surface area contributed by atoms with Gasteiger partial charge < -0.3 is 9.88 Å². The zero-order valence-corrected chi connectivity index (χ0v) is 16.9. The minimum absolute atomic E-state index is 0.0597. The van der Waals surface area contributed by atoms with Gasteiger partial charge in [0.1, 0.15) is 11.6 Å². The van der Waals surface area contributed by atoms with Gasteiger partial charge in [0.15, 0.2) is 5.16 Å². The van der Waals surface area contributed by atoms with E-state index >= 15 is 0 Å². The van der Waals surface area contributed by atoms with Gasteiger partial charge in [-0.25, -0.2) is 4.98 Å². The van der Waals surface area contributed by atoms with Gasteiger partial charge in [-0.1, -0.05) is 35.2 Å². The SMILES string of the molecule is Cc1nnc(NC(=O)CSc2nc3ccccc3n2CC(=O)NC(C)C)s1. The Labute approximate surface area is 164 Å². The van der Waals surface area contributed by atoms with Crippen molar-refractivity contribution in [1.29, 1.82) is 0 Å². The first-order chi connectivity index (χ1) is 12.9. The number of thioether (sulfide) groups is 1. The fourth-order valence-electron chi connectivity index (χ4n) is 2.46. The second-order valence-electron chi connectivity index (χ2n) is 6.15. The summed E-state index contributed by atoms with van der Waals surface area (Å²) in [6.45, 7) is 5.81. The number of amides is 2. The van der Waals surface area contributed by atoms with Crippen molar-refractivity contribution in [3.63, 3.8) is 0 Å². The maximum atomic E-state index is 12.2. The van der Waals surface area contributed by atoms with Gasteiger partial charge in [0.05, 0.1) is 16.8 Å². The third kappa shape index (κ3) is 5.04. The molecule has 2 N–H and O–H groups in total. The topological polar surface area (TPSA) is 102 Å². The highest BCUT2D eigenvalue weighted by molar-refractivity contribution is 7.99. The van der Waals surface area contributed by atoms with Crippen LogP contribution in [0.1, 0.15) is 18.9 Å². The van der Waals surface area contributed by atoms with E-state index < -0.39 is 0 Å². The molecule has 2 heterocycles. The molecule has 0 spiro atoms. The first-order valence-corrected chi connectivity index (χ1v) is 10.2. The average molecular weight is 405 g/mol. The second kappa shape index (κ2) is 8.49.